The Morgan fingerprint density at radius 1 is 1.00 bits per heavy atom. The number of rotatable bonds is 5. The van der Waals surface area contributed by atoms with Crippen molar-refractivity contribution in [3.8, 4) is 5.75 Å². The molecule has 0 bridgehead atoms. The summed E-state index contributed by atoms with van der Waals surface area (Å²) >= 11 is 0. The highest BCUT2D eigenvalue weighted by Gasteiger charge is 2.13. The van der Waals surface area contributed by atoms with Gasteiger partial charge in [0.15, 0.2) is 0 Å². The van der Waals surface area contributed by atoms with Gasteiger partial charge in [-0.25, -0.2) is 0 Å². The molecule has 21 heavy (non-hydrogen) atoms. The molecule has 0 N–H and O–H groups in total. The van der Waals surface area contributed by atoms with Gasteiger partial charge in [0.2, 0.25) is 0 Å². The van der Waals surface area contributed by atoms with E-state index in [1.807, 2.05) is 0 Å². The Bertz CT molecular complexity index is 414. The molecule has 1 aromatic rings. The molecule has 1 fully saturated rings. The second-order valence-corrected chi connectivity index (χ2v) is 7.11. The molecule has 1 saturated heterocycles. The summed E-state index contributed by atoms with van der Waals surface area (Å²) in [4.78, 5) is 4.99. The molecule has 1 aliphatic heterocycles. The number of benzene rings is 1. The Kier molecular flexibility index (Phi) is 5.65. The first kappa shape index (κ1) is 16.3. The lowest BCUT2D eigenvalue weighted by atomic mass is 10.1. The van der Waals surface area contributed by atoms with Crippen molar-refractivity contribution in [3.05, 3.63) is 29.8 Å². The summed E-state index contributed by atoms with van der Waals surface area (Å²) in [5.74, 6) is 0.963. The SMILES string of the molecule is CN1CCN(CCCc2ccc(OC(C)(C)C)cc2)CC1. The van der Waals surface area contributed by atoms with Crippen molar-refractivity contribution in [2.24, 2.45) is 0 Å². The van der Waals surface area contributed by atoms with Crippen molar-refractivity contribution in [2.45, 2.75) is 39.2 Å². The molecule has 0 aromatic heterocycles. The zero-order valence-corrected chi connectivity index (χ0v) is 14.1. The number of ether oxygens (including phenoxy) is 1. The van der Waals surface area contributed by atoms with E-state index >= 15 is 0 Å². The molecule has 1 aromatic carbocycles. The van der Waals surface area contributed by atoms with Crippen LogP contribution in [0.15, 0.2) is 24.3 Å². The number of hydrogen-bond acceptors (Lipinski definition) is 3. The third-order valence-corrected chi connectivity index (χ3v) is 3.88. The fraction of sp³-hybridized carbons (Fsp3) is 0.667. The summed E-state index contributed by atoms with van der Waals surface area (Å²) in [7, 11) is 2.21. The molecule has 118 valence electrons. The second-order valence-electron chi connectivity index (χ2n) is 7.11. The van der Waals surface area contributed by atoms with E-state index in [9.17, 15) is 0 Å². The lowest BCUT2D eigenvalue weighted by molar-refractivity contribution is 0.131. The molecule has 0 aliphatic carbocycles. The highest BCUT2D eigenvalue weighted by Crippen LogP contribution is 2.19. The van der Waals surface area contributed by atoms with Crippen LogP contribution in [-0.2, 0) is 6.42 Å². The lowest BCUT2D eigenvalue weighted by Crippen LogP contribution is -2.44. The largest absolute Gasteiger partial charge is 0.488 e. The van der Waals surface area contributed by atoms with Crippen LogP contribution < -0.4 is 4.74 Å². The van der Waals surface area contributed by atoms with Gasteiger partial charge in [0.1, 0.15) is 11.4 Å². The van der Waals surface area contributed by atoms with Gasteiger partial charge in [0.25, 0.3) is 0 Å². The van der Waals surface area contributed by atoms with Crippen molar-refractivity contribution in [3.63, 3.8) is 0 Å². The van der Waals surface area contributed by atoms with Crippen LogP contribution in [0.4, 0.5) is 0 Å². The smallest absolute Gasteiger partial charge is 0.120 e. The van der Waals surface area contributed by atoms with Crippen LogP contribution in [0.5, 0.6) is 5.75 Å². The average Bonchev–Trinajstić information content (AvgIpc) is 2.41. The lowest BCUT2D eigenvalue weighted by Gasteiger charge is -2.32. The molecular weight excluding hydrogens is 260 g/mol. The average molecular weight is 290 g/mol. The first-order chi connectivity index (χ1) is 9.92. The van der Waals surface area contributed by atoms with Crippen LogP contribution in [0, 0.1) is 0 Å². The van der Waals surface area contributed by atoms with Crippen molar-refractivity contribution in [2.75, 3.05) is 39.8 Å². The van der Waals surface area contributed by atoms with Gasteiger partial charge in [-0.2, -0.15) is 0 Å². The predicted molar refractivity (Wildman–Crippen MR) is 89.1 cm³/mol. The molecule has 0 radical (unpaired) electrons. The predicted octanol–water partition coefficient (Wildman–Crippen LogP) is 3.04. The minimum atomic E-state index is -0.122. The van der Waals surface area contributed by atoms with Crippen LogP contribution >= 0.6 is 0 Å². The molecule has 0 atom stereocenters. The van der Waals surface area contributed by atoms with Gasteiger partial charge < -0.3 is 14.5 Å². The van der Waals surface area contributed by atoms with E-state index in [1.54, 1.807) is 0 Å². The number of likely N-dealkylation sites (N-methyl/N-ethyl adjacent to an activating group) is 1. The Balaban J connectivity index is 1.71. The zero-order chi connectivity index (χ0) is 15.3. The molecule has 1 heterocycles. The van der Waals surface area contributed by atoms with Gasteiger partial charge in [-0.15, -0.1) is 0 Å². The van der Waals surface area contributed by atoms with Crippen LogP contribution in [0.1, 0.15) is 32.8 Å². The Hall–Kier alpha value is -1.06. The third-order valence-electron chi connectivity index (χ3n) is 3.88. The van der Waals surface area contributed by atoms with Crippen molar-refractivity contribution in [1.82, 2.24) is 9.80 Å². The fourth-order valence-corrected chi connectivity index (χ4v) is 2.66. The van der Waals surface area contributed by atoms with Crippen LogP contribution in [0.25, 0.3) is 0 Å². The molecule has 3 nitrogen and oxygen atoms in total. The molecule has 3 heteroatoms. The van der Waals surface area contributed by atoms with Crippen LogP contribution in [-0.4, -0.2) is 55.2 Å². The highest BCUT2D eigenvalue weighted by molar-refractivity contribution is 5.27. The number of piperazine rings is 1. The summed E-state index contributed by atoms with van der Waals surface area (Å²) in [6.07, 6.45) is 2.39. The second kappa shape index (κ2) is 7.28. The third kappa shape index (κ3) is 6.06. The van der Waals surface area contributed by atoms with Crippen molar-refractivity contribution >= 4 is 0 Å². The molecule has 2 rings (SSSR count). The molecular formula is C18H30N2O. The summed E-state index contributed by atoms with van der Waals surface area (Å²) in [6, 6.07) is 8.59. The highest BCUT2D eigenvalue weighted by atomic mass is 16.5. The normalized spacial score (nSPS) is 17.9. The Labute approximate surface area is 129 Å². The van der Waals surface area contributed by atoms with Crippen molar-refractivity contribution in [1.29, 1.82) is 0 Å². The molecule has 0 spiro atoms. The summed E-state index contributed by atoms with van der Waals surface area (Å²) in [6.45, 7) is 12.3. The van der Waals surface area contributed by atoms with Gasteiger partial charge in [-0.05, 0) is 64.9 Å². The Morgan fingerprint density at radius 2 is 1.62 bits per heavy atom. The quantitative estimate of drug-likeness (QED) is 0.829. The first-order valence-electron chi connectivity index (χ1n) is 8.11. The first-order valence-corrected chi connectivity index (χ1v) is 8.11. The maximum Gasteiger partial charge on any atom is 0.120 e. The van der Waals surface area contributed by atoms with Gasteiger partial charge in [-0.3, -0.25) is 0 Å². The van der Waals surface area contributed by atoms with E-state index in [1.165, 1.54) is 44.7 Å². The zero-order valence-electron chi connectivity index (χ0n) is 14.1. The van der Waals surface area contributed by atoms with Gasteiger partial charge in [0, 0.05) is 26.2 Å². The summed E-state index contributed by atoms with van der Waals surface area (Å²) < 4.78 is 5.85. The van der Waals surface area contributed by atoms with E-state index < -0.39 is 0 Å². The summed E-state index contributed by atoms with van der Waals surface area (Å²) in [5, 5.41) is 0. The van der Waals surface area contributed by atoms with Gasteiger partial charge >= 0.3 is 0 Å². The van der Waals surface area contributed by atoms with E-state index in [0.29, 0.717) is 0 Å². The molecule has 0 amide bonds. The van der Waals surface area contributed by atoms with Crippen LogP contribution in [0.3, 0.4) is 0 Å². The standard InChI is InChI=1S/C18H30N2O/c1-18(2,3)21-17-9-7-16(8-10-17)6-5-11-20-14-12-19(4)13-15-20/h7-10H,5-6,11-15H2,1-4H3. The number of hydrogen-bond donors (Lipinski definition) is 0. The van der Waals surface area contributed by atoms with E-state index in [0.717, 1.165) is 12.2 Å². The monoisotopic (exact) mass is 290 g/mol. The van der Waals surface area contributed by atoms with Crippen LogP contribution in [0.2, 0.25) is 0 Å². The topological polar surface area (TPSA) is 15.7 Å². The summed E-state index contributed by atoms with van der Waals surface area (Å²) in [5.41, 5.74) is 1.29. The minimum absolute atomic E-state index is 0.122. The van der Waals surface area contributed by atoms with E-state index in [2.05, 4.69) is 61.9 Å². The molecule has 1 aliphatic rings. The molecule has 0 saturated carbocycles. The number of aryl methyl sites for hydroxylation is 1. The van der Waals surface area contributed by atoms with E-state index in [4.69, 9.17) is 4.74 Å². The van der Waals surface area contributed by atoms with Gasteiger partial charge in [-0.1, -0.05) is 12.1 Å². The van der Waals surface area contributed by atoms with E-state index in [-0.39, 0.29) is 5.60 Å². The molecule has 0 unspecified atom stereocenters. The van der Waals surface area contributed by atoms with Gasteiger partial charge in [0.05, 0.1) is 0 Å². The maximum atomic E-state index is 5.85. The maximum absolute atomic E-state index is 5.85. The van der Waals surface area contributed by atoms with Crippen molar-refractivity contribution < 1.29 is 4.74 Å². The fourth-order valence-electron chi connectivity index (χ4n) is 2.66. The minimum Gasteiger partial charge on any atom is -0.488 e. The number of nitrogens with zero attached hydrogens (tertiary/aromatic N) is 2. The Morgan fingerprint density at radius 3 is 2.19 bits per heavy atom.